The molecule has 0 saturated carbocycles. The molecule has 4 N–H and O–H groups in total. The molecule has 0 aromatic carbocycles. The Balaban J connectivity index is 2.40. The number of nitrogens with two attached hydrogens (primary N) is 1. The van der Waals surface area contributed by atoms with Crippen molar-refractivity contribution in [2.75, 3.05) is 5.32 Å². The van der Waals surface area contributed by atoms with Crippen molar-refractivity contribution in [3.8, 4) is 0 Å². The number of primary amides is 1. The zero-order valence-corrected chi connectivity index (χ0v) is 7.65. The first-order valence-corrected chi connectivity index (χ1v) is 4.04. The number of anilines is 1. The van der Waals surface area contributed by atoms with E-state index < -0.39 is 17.7 Å². The molecular formula is C8H11N4O2. The highest BCUT2D eigenvalue weighted by Gasteiger charge is 2.14. The third-order valence-electron chi connectivity index (χ3n) is 1.59. The van der Waals surface area contributed by atoms with Crippen molar-refractivity contribution in [3.63, 3.8) is 0 Å². The van der Waals surface area contributed by atoms with Crippen molar-refractivity contribution in [3.05, 3.63) is 18.8 Å². The van der Waals surface area contributed by atoms with Gasteiger partial charge >= 0.3 is 0 Å². The molecule has 1 aromatic heterocycles. The number of carbonyl (C=O) groups is 2. The molecule has 1 atom stereocenters. The zero-order valence-electron chi connectivity index (χ0n) is 7.65. The number of nitrogens with one attached hydrogen (secondary N) is 2. The molecule has 1 heterocycles. The Hall–Kier alpha value is -1.85. The van der Waals surface area contributed by atoms with Gasteiger partial charge in [-0.25, -0.2) is 4.98 Å². The van der Waals surface area contributed by atoms with E-state index in [9.17, 15) is 9.59 Å². The summed E-state index contributed by atoms with van der Waals surface area (Å²) in [6.45, 7) is 1.55. The van der Waals surface area contributed by atoms with Crippen molar-refractivity contribution < 1.29 is 9.59 Å². The van der Waals surface area contributed by atoms with Gasteiger partial charge in [-0.1, -0.05) is 6.92 Å². The van der Waals surface area contributed by atoms with Crippen LogP contribution in [0.4, 0.5) is 5.95 Å². The van der Waals surface area contributed by atoms with Crippen LogP contribution >= 0.6 is 0 Å². The van der Waals surface area contributed by atoms with E-state index in [4.69, 9.17) is 5.73 Å². The Morgan fingerprint density at radius 2 is 2.43 bits per heavy atom. The third-order valence-corrected chi connectivity index (χ3v) is 1.59. The number of carbonyl (C=O) groups excluding carboxylic acids is 2. The smallest absolute Gasteiger partial charge is 0.231 e. The topological polar surface area (TPSA) is 101 Å². The lowest BCUT2D eigenvalue weighted by atomic mass is 10.1. The van der Waals surface area contributed by atoms with Crippen LogP contribution in [0, 0.1) is 12.3 Å². The first-order chi connectivity index (χ1) is 6.59. The van der Waals surface area contributed by atoms with Crippen molar-refractivity contribution >= 4 is 17.8 Å². The van der Waals surface area contributed by atoms with Crippen molar-refractivity contribution in [1.82, 2.24) is 9.97 Å². The Morgan fingerprint density at radius 1 is 1.71 bits per heavy atom. The number of imidazole rings is 1. The van der Waals surface area contributed by atoms with Gasteiger partial charge in [-0.2, -0.15) is 0 Å². The molecule has 1 radical (unpaired) electrons. The van der Waals surface area contributed by atoms with E-state index in [1.165, 1.54) is 12.6 Å². The summed E-state index contributed by atoms with van der Waals surface area (Å²) in [5, 5.41) is 2.44. The Kier molecular flexibility index (Phi) is 3.22. The molecule has 1 unspecified atom stereocenters. The number of aromatic nitrogens is 2. The standard InChI is InChI=1S/C8H11N4O2/c1-5(7(9)14)4-6(13)12-8-10-2-3-11-8/h2-5H,1H3,(H2,9,14)(H2,10,11,12,13). The average molecular weight is 195 g/mol. The molecule has 0 saturated heterocycles. The summed E-state index contributed by atoms with van der Waals surface area (Å²) < 4.78 is 0. The van der Waals surface area contributed by atoms with Gasteiger partial charge < -0.3 is 10.7 Å². The monoisotopic (exact) mass is 195 g/mol. The maximum Gasteiger partial charge on any atom is 0.231 e. The van der Waals surface area contributed by atoms with E-state index in [2.05, 4.69) is 15.3 Å². The fraction of sp³-hybridized carbons (Fsp3) is 0.250. The second kappa shape index (κ2) is 4.40. The second-order valence-corrected chi connectivity index (χ2v) is 2.78. The fourth-order valence-electron chi connectivity index (χ4n) is 0.801. The number of hydrogen-bond acceptors (Lipinski definition) is 3. The number of H-pyrrole nitrogens is 1. The SMILES string of the molecule is CC([CH]C(=O)Nc1ncc[nH]1)C(N)=O. The molecule has 1 aromatic rings. The lowest BCUT2D eigenvalue weighted by molar-refractivity contribution is -0.122. The van der Waals surface area contributed by atoms with E-state index in [0.29, 0.717) is 5.95 Å². The molecule has 0 spiro atoms. The number of hydrogen-bond donors (Lipinski definition) is 3. The average Bonchev–Trinajstić information content (AvgIpc) is 2.56. The van der Waals surface area contributed by atoms with E-state index >= 15 is 0 Å². The number of rotatable bonds is 4. The van der Waals surface area contributed by atoms with Crippen LogP contribution in [-0.4, -0.2) is 21.8 Å². The third kappa shape index (κ3) is 2.89. The highest BCUT2D eigenvalue weighted by atomic mass is 16.2. The summed E-state index contributed by atoms with van der Waals surface area (Å²) in [7, 11) is 0. The van der Waals surface area contributed by atoms with Crippen LogP contribution in [0.15, 0.2) is 12.4 Å². The Bertz CT molecular complexity index is 320. The minimum absolute atomic E-state index is 0.336. The summed E-state index contributed by atoms with van der Waals surface area (Å²) in [5.74, 6) is -1.21. The number of aromatic amines is 1. The number of nitrogens with zero attached hydrogens (tertiary/aromatic N) is 1. The molecule has 0 fully saturated rings. The van der Waals surface area contributed by atoms with Gasteiger partial charge in [-0.15, -0.1) is 0 Å². The lowest BCUT2D eigenvalue weighted by Crippen LogP contribution is -2.26. The van der Waals surface area contributed by atoms with Gasteiger partial charge in [0.1, 0.15) is 0 Å². The van der Waals surface area contributed by atoms with Crippen LogP contribution in [0.1, 0.15) is 6.92 Å². The molecule has 6 heteroatoms. The molecule has 0 bridgehead atoms. The van der Waals surface area contributed by atoms with Gasteiger partial charge in [0.2, 0.25) is 17.8 Å². The van der Waals surface area contributed by atoms with Crippen molar-refractivity contribution in [2.45, 2.75) is 6.92 Å². The van der Waals surface area contributed by atoms with Gasteiger partial charge in [-0.05, 0) is 0 Å². The first-order valence-electron chi connectivity index (χ1n) is 4.04. The predicted molar refractivity (Wildman–Crippen MR) is 49.9 cm³/mol. The molecule has 75 valence electrons. The molecule has 2 amide bonds. The maximum absolute atomic E-state index is 11.2. The molecular weight excluding hydrogens is 184 g/mol. The van der Waals surface area contributed by atoms with Crippen LogP contribution in [0.2, 0.25) is 0 Å². The largest absolute Gasteiger partial charge is 0.369 e. The van der Waals surface area contributed by atoms with Gasteiger partial charge in [0.25, 0.3) is 0 Å². The summed E-state index contributed by atoms with van der Waals surface area (Å²) in [6.07, 6.45) is 4.28. The van der Waals surface area contributed by atoms with Crippen LogP contribution in [0.25, 0.3) is 0 Å². The van der Waals surface area contributed by atoms with Gasteiger partial charge in [0.15, 0.2) is 0 Å². The van der Waals surface area contributed by atoms with E-state index in [1.807, 2.05) is 0 Å². The molecule has 6 nitrogen and oxygen atoms in total. The summed E-state index contributed by atoms with van der Waals surface area (Å²) in [5.41, 5.74) is 4.98. The Morgan fingerprint density at radius 3 is 2.93 bits per heavy atom. The van der Waals surface area contributed by atoms with Crippen LogP contribution < -0.4 is 11.1 Å². The highest BCUT2D eigenvalue weighted by Crippen LogP contribution is 2.02. The summed E-state index contributed by atoms with van der Waals surface area (Å²) in [4.78, 5) is 28.3. The molecule has 14 heavy (non-hydrogen) atoms. The fourth-order valence-corrected chi connectivity index (χ4v) is 0.801. The predicted octanol–water partition coefficient (Wildman–Crippen LogP) is -0.326. The molecule has 1 rings (SSSR count). The number of amides is 2. The van der Waals surface area contributed by atoms with E-state index in [1.54, 1.807) is 13.1 Å². The normalized spacial score (nSPS) is 12.1. The van der Waals surface area contributed by atoms with Crippen LogP contribution in [0.5, 0.6) is 0 Å². The minimum atomic E-state index is -0.593. The molecule has 0 aliphatic rings. The quantitative estimate of drug-likeness (QED) is 0.613. The maximum atomic E-state index is 11.2. The highest BCUT2D eigenvalue weighted by molar-refractivity contribution is 5.99. The van der Waals surface area contributed by atoms with Gasteiger partial charge in [0, 0.05) is 18.3 Å². The minimum Gasteiger partial charge on any atom is -0.369 e. The van der Waals surface area contributed by atoms with Crippen molar-refractivity contribution in [2.24, 2.45) is 11.7 Å². The van der Waals surface area contributed by atoms with E-state index in [0.717, 1.165) is 0 Å². The first kappa shape index (κ1) is 10.2. The second-order valence-electron chi connectivity index (χ2n) is 2.78. The molecule has 0 aliphatic carbocycles. The Labute approximate surface area is 80.9 Å². The van der Waals surface area contributed by atoms with Crippen LogP contribution in [-0.2, 0) is 9.59 Å². The van der Waals surface area contributed by atoms with Crippen molar-refractivity contribution in [1.29, 1.82) is 0 Å². The summed E-state index contributed by atoms with van der Waals surface area (Å²) >= 11 is 0. The van der Waals surface area contributed by atoms with Gasteiger partial charge in [0.05, 0.1) is 6.42 Å². The van der Waals surface area contributed by atoms with Crippen LogP contribution in [0.3, 0.4) is 0 Å². The van der Waals surface area contributed by atoms with E-state index in [-0.39, 0.29) is 0 Å². The van der Waals surface area contributed by atoms with Gasteiger partial charge in [-0.3, -0.25) is 14.9 Å². The lowest BCUT2D eigenvalue weighted by Gasteiger charge is -2.05. The summed E-state index contributed by atoms with van der Waals surface area (Å²) in [6, 6.07) is 0. The molecule has 0 aliphatic heterocycles. The zero-order chi connectivity index (χ0) is 10.6.